The van der Waals surface area contributed by atoms with Crippen molar-refractivity contribution in [2.24, 2.45) is 0 Å². The predicted octanol–water partition coefficient (Wildman–Crippen LogP) is 4.48. The standard InChI is InChI=1S/C18H31N/c1-6-12-19-13-11-18(4,5)17-10-9-15(7-2)16(8-3)14-17/h9-10,14,19H,6-8,11-13H2,1-5H3. The summed E-state index contributed by atoms with van der Waals surface area (Å²) in [6.07, 6.45) is 4.69. The Morgan fingerprint density at radius 3 is 2.21 bits per heavy atom. The molecule has 0 amide bonds. The molecule has 0 fully saturated rings. The molecule has 0 atom stereocenters. The van der Waals surface area contributed by atoms with E-state index >= 15 is 0 Å². The van der Waals surface area contributed by atoms with E-state index < -0.39 is 0 Å². The summed E-state index contributed by atoms with van der Waals surface area (Å²) in [5.41, 5.74) is 4.78. The first kappa shape index (κ1) is 16.2. The summed E-state index contributed by atoms with van der Waals surface area (Å²) in [6.45, 7) is 13.7. The van der Waals surface area contributed by atoms with Gasteiger partial charge in [-0.25, -0.2) is 0 Å². The molecule has 1 aromatic carbocycles. The van der Waals surface area contributed by atoms with Crippen LogP contribution in [0, 0.1) is 0 Å². The van der Waals surface area contributed by atoms with Crippen LogP contribution in [0.5, 0.6) is 0 Å². The van der Waals surface area contributed by atoms with Gasteiger partial charge in [-0.3, -0.25) is 0 Å². The second-order valence-corrected chi connectivity index (χ2v) is 6.07. The van der Waals surface area contributed by atoms with Gasteiger partial charge in [0.1, 0.15) is 0 Å². The number of rotatable bonds is 8. The second kappa shape index (κ2) is 7.69. The minimum Gasteiger partial charge on any atom is -0.317 e. The van der Waals surface area contributed by atoms with Gasteiger partial charge in [-0.2, -0.15) is 0 Å². The van der Waals surface area contributed by atoms with Crippen molar-refractivity contribution in [1.82, 2.24) is 5.32 Å². The number of hydrogen-bond donors (Lipinski definition) is 1. The average Bonchev–Trinajstić information content (AvgIpc) is 2.42. The minimum absolute atomic E-state index is 0.261. The molecule has 0 bridgehead atoms. The highest BCUT2D eigenvalue weighted by Gasteiger charge is 2.20. The van der Waals surface area contributed by atoms with Gasteiger partial charge in [0.05, 0.1) is 0 Å². The van der Waals surface area contributed by atoms with Gasteiger partial charge in [-0.1, -0.05) is 52.8 Å². The molecule has 1 rings (SSSR count). The molecule has 0 aliphatic rings. The lowest BCUT2D eigenvalue weighted by Crippen LogP contribution is -2.26. The number of hydrogen-bond acceptors (Lipinski definition) is 1. The Morgan fingerprint density at radius 1 is 0.947 bits per heavy atom. The zero-order valence-electron chi connectivity index (χ0n) is 13.5. The van der Waals surface area contributed by atoms with Crippen molar-refractivity contribution in [3.63, 3.8) is 0 Å². The Kier molecular flexibility index (Phi) is 6.57. The number of benzene rings is 1. The zero-order chi connectivity index (χ0) is 14.3. The molecule has 0 saturated carbocycles. The molecule has 0 saturated heterocycles. The lowest BCUT2D eigenvalue weighted by Gasteiger charge is -2.27. The van der Waals surface area contributed by atoms with Crippen LogP contribution in [-0.4, -0.2) is 13.1 Å². The molecule has 1 aromatic rings. The highest BCUT2D eigenvalue weighted by molar-refractivity contribution is 5.35. The van der Waals surface area contributed by atoms with Crippen molar-refractivity contribution in [1.29, 1.82) is 0 Å². The molecule has 0 aromatic heterocycles. The van der Waals surface area contributed by atoms with E-state index in [1.54, 1.807) is 0 Å². The van der Waals surface area contributed by atoms with Crippen LogP contribution in [0.4, 0.5) is 0 Å². The highest BCUT2D eigenvalue weighted by Crippen LogP contribution is 2.28. The van der Waals surface area contributed by atoms with Crippen LogP contribution in [0.1, 0.15) is 64.2 Å². The third-order valence-corrected chi connectivity index (χ3v) is 4.10. The monoisotopic (exact) mass is 261 g/mol. The zero-order valence-corrected chi connectivity index (χ0v) is 13.5. The van der Waals surface area contributed by atoms with E-state index in [1.165, 1.54) is 29.5 Å². The van der Waals surface area contributed by atoms with Gasteiger partial charge in [-0.15, -0.1) is 0 Å². The Balaban J connectivity index is 2.76. The van der Waals surface area contributed by atoms with Crippen LogP contribution in [0.15, 0.2) is 18.2 Å². The van der Waals surface area contributed by atoms with Gasteiger partial charge in [0.2, 0.25) is 0 Å². The van der Waals surface area contributed by atoms with E-state index in [4.69, 9.17) is 0 Å². The van der Waals surface area contributed by atoms with Gasteiger partial charge in [0.25, 0.3) is 0 Å². The maximum absolute atomic E-state index is 3.51. The van der Waals surface area contributed by atoms with Crippen molar-refractivity contribution < 1.29 is 0 Å². The Labute approximate surface area is 119 Å². The molecule has 0 aliphatic heterocycles. The molecule has 1 N–H and O–H groups in total. The summed E-state index contributed by atoms with van der Waals surface area (Å²) in [5, 5.41) is 3.51. The molecular formula is C18H31N. The number of nitrogens with one attached hydrogen (secondary N) is 1. The normalized spacial score (nSPS) is 11.8. The molecule has 108 valence electrons. The maximum atomic E-state index is 3.51. The lowest BCUT2D eigenvalue weighted by atomic mass is 9.80. The SMILES string of the molecule is CCCNCCC(C)(C)c1ccc(CC)c(CC)c1. The third-order valence-electron chi connectivity index (χ3n) is 4.10. The predicted molar refractivity (Wildman–Crippen MR) is 86.0 cm³/mol. The lowest BCUT2D eigenvalue weighted by molar-refractivity contribution is 0.456. The Morgan fingerprint density at radius 2 is 1.63 bits per heavy atom. The summed E-state index contributed by atoms with van der Waals surface area (Å²) in [7, 11) is 0. The smallest absolute Gasteiger partial charge is 0.00406 e. The van der Waals surface area contributed by atoms with Crippen LogP contribution in [0.2, 0.25) is 0 Å². The van der Waals surface area contributed by atoms with Crippen LogP contribution in [0.3, 0.4) is 0 Å². The molecule has 0 radical (unpaired) electrons. The first-order valence-corrected chi connectivity index (χ1v) is 7.88. The molecule has 0 spiro atoms. The van der Waals surface area contributed by atoms with Gasteiger partial charge in [-0.05, 0) is 60.9 Å². The van der Waals surface area contributed by atoms with Crippen molar-refractivity contribution in [2.75, 3.05) is 13.1 Å². The maximum Gasteiger partial charge on any atom is -0.00406 e. The van der Waals surface area contributed by atoms with Gasteiger partial charge in [0, 0.05) is 0 Å². The topological polar surface area (TPSA) is 12.0 Å². The van der Waals surface area contributed by atoms with E-state index in [-0.39, 0.29) is 5.41 Å². The summed E-state index contributed by atoms with van der Waals surface area (Å²) in [6, 6.07) is 7.09. The van der Waals surface area contributed by atoms with Crippen LogP contribution < -0.4 is 5.32 Å². The first-order chi connectivity index (χ1) is 9.05. The van der Waals surface area contributed by atoms with E-state index in [0.29, 0.717) is 0 Å². The largest absolute Gasteiger partial charge is 0.317 e. The number of aryl methyl sites for hydroxylation is 2. The minimum atomic E-state index is 0.261. The van der Waals surface area contributed by atoms with Crippen LogP contribution in [-0.2, 0) is 18.3 Å². The summed E-state index contributed by atoms with van der Waals surface area (Å²) in [4.78, 5) is 0. The molecule has 1 heteroatoms. The van der Waals surface area contributed by atoms with E-state index in [0.717, 1.165) is 25.9 Å². The summed E-state index contributed by atoms with van der Waals surface area (Å²) in [5.74, 6) is 0. The molecule has 19 heavy (non-hydrogen) atoms. The van der Waals surface area contributed by atoms with Crippen molar-refractivity contribution >= 4 is 0 Å². The highest BCUT2D eigenvalue weighted by atomic mass is 14.8. The Hall–Kier alpha value is -0.820. The van der Waals surface area contributed by atoms with Crippen LogP contribution >= 0.6 is 0 Å². The van der Waals surface area contributed by atoms with Gasteiger partial charge < -0.3 is 5.32 Å². The molecule has 0 aliphatic carbocycles. The second-order valence-electron chi connectivity index (χ2n) is 6.07. The van der Waals surface area contributed by atoms with Crippen LogP contribution in [0.25, 0.3) is 0 Å². The summed E-state index contributed by atoms with van der Waals surface area (Å²) < 4.78 is 0. The van der Waals surface area contributed by atoms with Crippen molar-refractivity contribution in [3.8, 4) is 0 Å². The van der Waals surface area contributed by atoms with E-state index in [1.807, 2.05) is 0 Å². The average molecular weight is 261 g/mol. The van der Waals surface area contributed by atoms with Gasteiger partial charge >= 0.3 is 0 Å². The fourth-order valence-corrected chi connectivity index (χ4v) is 2.57. The molecule has 0 heterocycles. The van der Waals surface area contributed by atoms with E-state index in [9.17, 15) is 0 Å². The Bertz CT molecular complexity index is 379. The van der Waals surface area contributed by atoms with Gasteiger partial charge in [0.15, 0.2) is 0 Å². The van der Waals surface area contributed by atoms with Crippen molar-refractivity contribution in [3.05, 3.63) is 34.9 Å². The van der Waals surface area contributed by atoms with E-state index in [2.05, 4.69) is 58.1 Å². The first-order valence-electron chi connectivity index (χ1n) is 7.88. The molecular weight excluding hydrogens is 230 g/mol. The third kappa shape index (κ3) is 4.65. The fourth-order valence-electron chi connectivity index (χ4n) is 2.57. The van der Waals surface area contributed by atoms with Crippen molar-refractivity contribution in [2.45, 2.75) is 65.7 Å². The fraction of sp³-hybridized carbons (Fsp3) is 0.667. The quantitative estimate of drug-likeness (QED) is 0.680. The molecule has 1 nitrogen and oxygen atoms in total. The summed E-state index contributed by atoms with van der Waals surface area (Å²) >= 11 is 0. The molecule has 0 unspecified atom stereocenters.